The lowest BCUT2D eigenvalue weighted by molar-refractivity contribution is 0.102. The van der Waals surface area contributed by atoms with Crippen LogP contribution < -0.4 is 20.3 Å². The third-order valence-corrected chi connectivity index (χ3v) is 5.39. The molecule has 2 N–H and O–H groups in total. The minimum Gasteiger partial charge on any atom is -0.457 e. The van der Waals surface area contributed by atoms with Crippen LogP contribution in [0.1, 0.15) is 10.4 Å². The minimum absolute atomic E-state index is 0.125. The smallest absolute Gasteiger partial charge is 0.255 e. The van der Waals surface area contributed by atoms with Crippen molar-refractivity contribution < 1.29 is 18.3 Å². The van der Waals surface area contributed by atoms with Crippen LogP contribution in [0, 0.1) is 11.6 Å². The van der Waals surface area contributed by atoms with Gasteiger partial charge in [0.05, 0.1) is 17.2 Å². The Morgan fingerprint density at radius 3 is 2.62 bits per heavy atom. The summed E-state index contributed by atoms with van der Waals surface area (Å²) < 4.78 is 33.5. The minimum atomic E-state index is -0.589. The Morgan fingerprint density at radius 2 is 1.79 bits per heavy atom. The molecule has 2 heterocycles. The van der Waals surface area contributed by atoms with E-state index in [9.17, 15) is 13.6 Å². The predicted molar refractivity (Wildman–Crippen MR) is 125 cm³/mol. The maximum absolute atomic E-state index is 14.2. The average Bonchev–Trinajstić information content (AvgIpc) is 2.84. The van der Waals surface area contributed by atoms with Crippen molar-refractivity contribution in [3.05, 3.63) is 84.1 Å². The normalized spacial score (nSPS) is 13.6. The van der Waals surface area contributed by atoms with E-state index in [1.807, 2.05) is 0 Å². The lowest BCUT2D eigenvalue weighted by atomic mass is 10.2. The number of ether oxygens (including phenoxy) is 1. The number of amides is 1. The number of nitrogens with one attached hydrogen (secondary N) is 2. The first kappa shape index (κ1) is 21.7. The molecule has 1 aliphatic rings. The lowest BCUT2D eigenvalue weighted by Crippen LogP contribution is -2.43. The largest absolute Gasteiger partial charge is 0.457 e. The number of carbonyl (C=O) groups is 1. The van der Waals surface area contributed by atoms with Crippen LogP contribution in [-0.2, 0) is 0 Å². The second kappa shape index (κ2) is 9.40. The Bertz CT molecular complexity index is 1360. The fraction of sp³-hybridized carbons (Fsp3) is 0.160. The van der Waals surface area contributed by atoms with Gasteiger partial charge in [-0.3, -0.25) is 9.78 Å². The average molecular weight is 461 g/mol. The van der Waals surface area contributed by atoms with E-state index in [0.717, 1.165) is 44.1 Å². The molecule has 1 saturated heterocycles. The van der Waals surface area contributed by atoms with E-state index in [1.54, 1.807) is 24.4 Å². The van der Waals surface area contributed by atoms with Crippen LogP contribution in [0.15, 0.2) is 66.9 Å². The SMILES string of the molecule is O=C(Nc1cc(F)cc(Oc2ccc3ncc(N4CCNCC4)nc3c2)c1)c1cccc(F)c1. The summed E-state index contributed by atoms with van der Waals surface area (Å²) in [4.78, 5) is 23.8. The summed E-state index contributed by atoms with van der Waals surface area (Å²) in [5.74, 6) is -0.242. The van der Waals surface area contributed by atoms with Crippen LogP contribution in [-0.4, -0.2) is 42.1 Å². The first-order chi connectivity index (χ1) is 16.5. The van der Waals surface area contributed by atoms with Gasteiger partial charge in [0.15, 0.2) is 0 Å². The highest BCUT2D eigenvalue weighted by molar-refractivity contribution is 6.04. The van der Waals surface area contributed by atoms with Crippen molar-refractivity contribution in [2.75, 3.05) is 36.4 Å². The summed E-state index contributed by atoms with van der Waals surface area (Å²) in [6.07, 6.45) is 1.76. The van der Waals surface area contributed by atoms with Gasteiger partial charge in [-0.2, -0.15) is 0 Å². The molecule has 5 rings (SSSR count). The molecule has 4 aromatic rings. The van der Waals surface area contributed by atoms with Crippen LogP contribution >= 0.6 is 0 Å². The second-order valence-electron chi connectivity index (χ2n) is 7.86. The van der Waals surface area contributed by atoms with Crippen molar-refractivity contribution in [2.24, 2.45) is 0 Å². The Morgan fingerprint density at radius 1 is 0.941 bits per heavy atom. The zero-order chi connectivity index (χ0) is 23.5. The van der Waals surface area contributed by atoms with E-state index in [1.165, 1.54) is 30.3 Å². The molecular weight excluding hydrogens is 440 g/mol. The first-order valence-corrected chi connectivity index (χ1v) is 10.8. The van der Waals surface area contributed by atoms with Gasteiger partial charge in [-0.1, -0.05) is 6.07 Å². The molecule has 172 valence electrons. The molecule has 0 aliphatic carbocycles. The summed E-state index contributed by atoms with van der Waals surface area (Å²) >= 11 is 0. The molecule has 7 nitrogen and oxygen atoms in total. The number of halogens is 2. The maximum atomic E-state index is 14.2. The van der Waals surface area contributed by atoms with Gasteiger partial charge in [-0.05, 0) is 36.4 Å². The van der Waals surface area contributed by atoms with E-state index in [0.29, 0.717) is 16.8 Å². The molecule has 0 atom stereocenters. The standard InChI is InChI=1S/C25H21F2N5O2/c26-17-3-1-2-16(10-17)25(33)30-19-11-18(27)12-21(13-19)34-20-4-5-22-23(14-20)31-24(15-29-22)32-8-6-28-7-9-32/h1-5,10-15,28H,6-9H2,(H,30,33). The first-order valence-electron chi connectivity index (χ1n) is 10.8. The molecule has 1 aliphatic heterocycles. The van der Waals surface area contributed by atoms with E-state index in [2.05, 4.69) is 20.5 Å². The molecule has 0 saturated carbocycles. The molecule has 34 heavy (non-hydrogen) atoms. The van der Waals surface area contributed by atoms with Gasteiger partial charge >= 0.3 is 0 Å². The molecule has 0 unspecified atom stereocenters. The number of piperazine rings is 1. The lowest BCUT2D eigenvalue weighted by Gasteiger charge is -2.28. The Balaban J connectivity index is 1.36. The molecule has 1 aromatic heterocycles. The van der Waals surface area contributed by atoms with Crippen molar-refractivity contribution >= 4 is 28.4 Å². The summed E-state index contributed by atoms with van der Waals surface area (Å²) in [5.41, 5.74) is 1.68. The van der Waals surface area contributed by atoms with Crippen LogP contribution in [0.5, 0.6) is 11.5 Å². The Hall–Kier alpha value is -4.11. The molecule has 0 radical (unpaired) electrons. The van der Waals surface area contributed by atoms with Crippen LogP contribution in [0.4, 0.5) is 20.3 Å². The van der Waals surface area contributed by atoms with E-state index in [-0.39, 0.29) is 17.0 Å². The van der Waals surface area contributed by atoms with Gasteiger partial charge in [-0.15, -0.1) is 0 Å². The highest BCUT2D eigenvalue weighted by Crippen LogP contribution is 2.28. The van der Waals surface area contributed by atoms with Crippen molar-refractivity contribution in [3.63, 3.8) is 0 Å². The van der Waals surface area contributed by atoms with E-state index >= 15 is 0 Å². The molecule has 0 spiro atoms. The zero-order valence-corrected chi connectivity index (χ0v) is 18.1. The number of benzene rings is 3. The summed E-state index contributed by atoms with van der Waals surface area (Å²) in [6.45, 7) is 3.48. The van der Waals surface area contributed by atoms with E-state index < -0.39 is 17.5 Å². The molecule has 9 heteroatoms. The van der Waals surface area contributed by atoms with Crippen molar-refractivity contribution in [3.8, 4) is 11.5 Å². The number of hydrogen-bond donors (Lipinski definition) is 2. The van der Waals surface area contributed by atoms with Crippen molar-refractivity contribution in [1.29, 1.82) is 0 Å². The quantitative estimate of drug-likeness (QED) is 0.460. The predicted octanol–water partition coefficient (Wildman–Crippen LogP) is 4.36. The van der Waals surface area contributed by atoms with Gasteiger partial charge in [0.25, 0.3) is 5.91 Å². The van der Waals surface area contributed by atoms with Crippen molar-refractivity contribution in [2.45, 2.75) is 0 Å². The van der Waals surface area contributed by atoms with E-state index in [4.69, 9.17) is 9.72 Å². The highest BCUT2D eigenvalue weighted by atomic mass is 19.1. The molecular formula is C25H21F2N5O2. The monoisotopic (exact) mass is 461 g/mol. The molecule has 1 amide bonds. The molecule has 0 bridgehead atoms. The summed E-state index contributed by atoms with van der Waals surface area (Å²) in [6, 6.07) is 14.4. The van der Waals surface area contributed by atoms with Crippen LogP contribution in [0.3, 0.4) is 0 Å². The van der Waals surface area contributed by atoms with Gasteiger partial charge in [0, 0.05) is 55.6 Å². The zero-order valence-electron chi connectivity index (χ0n) is 18.1. The van der Waals surface area contributed by atoms with Gasteiger partial charge in [0.1, 0.15) is 29.0 Å². The summed E-state index contributed by atoms with van der Waals surface area (Å²) in [7, 11) is 0. The number of nitrogens with zero attached hydrogens (tertiary/aromatic N) is 3. The number of hydrogen-bond acceptors (Lipinski definition) is 6. The number of fused-ring (bicyclic) bond motifs is 1. The van der Waals surface area contributed by atoms with Gasteiger partial charge in [-0.25, -0.2) is 13.8 Å². The Labute approximate surface area is 194 Å². The van der Waals surface area contributed by atoms with Crippen molar-refractivity contribution in [1.82, 2.24) is 15.3 Å². The fourth-order valence-corrected chi connectivity index (χ4v) is 3.75. The Kier molecular flexibility index (Phi) is 6.01. The van der Waals surface area contributed by atoms with Crippen LogP contribution in [0.2, 0.25) is 0 Å². The maximum Gasteiger partial charge on any atom is 0.255 e. The molecule has 3 aromatic carbocycles. The number of anilines is 2. The van der Waals surface area contributed by atoms with Crippen LogP contribution in [0.25, 0.3) is 11.0 Å². The number of rotatable bonds is 5. The number of aromatic nitrogens is 2. The van der Waals surface area contributed by atoms with Gasteiger partial charge < -0.3 is 20.3 Å². The summed E-state index contributed by atoms with van der Waals surface area (Å²) in [5, 5.41) is 5.87. The molecule has 1 fully saturated rings. The fourth-order valence-electron chi connectivity index (χ4n) is 3.75. The number of carbonyl (C=O) groups excluding carboxylic acids is 1. The third-order valence-electron chi connectivity index (χ3n) is 5.39. The highest BCUT2D eigenvalue weighted by Gasteiger charge is 2.14. The second-order valence-corrected chi connectivity index (χ2v) is 7.86. The third kappa shape index (κ3) is 4.94. The topological polar surface area (TPSA) is 79.4 Å². The van der Waals surface area contributed by atoms with Gasteiger partial charge in [0.2, 0.25) is 0 Å².